The van der Waals surface area contributed by atoms with E-state index >= 15 is 0 Å². The van der Waals surface area contributed by atoms with Crippen molar-refractivity contribution in [3.05, 3.63) is 23.3 Å². The summed E-state index contributed by atoms with van der Waals surface area (Å²) in [6.07, 6.45) is 2.62. The first-order valence-electron chi connectivity index (χ1n) is 4.87. The van der Waals surface area contributed by atoms with E-state index < -0.39 is 5.54 Å². The van der Waals surface area contributed by atoms with Gasteiger partial charge in [-0.15, -0.1) is 0 Å². The average Bonchev–Trinajstić information content (AvgIpc) is 2.84. The lowest BCUT2D eigenvalue weighted by Gasteiger charge is -2.17. The summed E-state index contributed by atoms with van der Waals surface area (Å²) < 4.78 is 5.33. The summed E-state index contributed by atoms with van der Waals surface area (Å²) in [6.45, 7) is 1.28. The molecule has 3 heterocycles. The Morgan fingerprint density at radius 3 is 3.20 bits per heavy atom. The van der Waals surface area contributed by atoms with Gasteiger partial charge in [-0.1, -0.05) is 11.3 Å². The molecule has 4 nitrogen and oxygen atoms in total. The molecule has 1 saturated heterocycles. The van der Waals surface area contributed by atoms with Gasteiger partial charge in [0.1, 0.15) is 15.4 Å². The zero-order valence-electron chi connectivity index (χ0n) is 8.14. The second-order valence-corrected chi connectivity index (χ2v) is 4.78. The van der Waals surface area contributed by atoms with Gasteiger partial charge in [0.25, 0.3) is 0 Å². The SMILES string of the molecule is NC1(c2nc3cccnc3s2)CCOC1. The first-order chi connectivity index (χ1) is 7.28. The molecule has 5 heteroatoms. The van der Waals surface area contributed by atoms with E-state index in [-0.39, 0.29) is 0 Å². The Kier molecular flexibility index (Phi) is 1.98. The number of fused-ring (bicyclic) bond motifs is 1. The highest BCUT2D eigenvalue weighted by Crippen LogP contribution is 2.32. The third-order valence-electron chi connectivity index (χ3n) is 2.64. The molecule has 2 N–H and O–H groups in total. The van der Waals surface area contributed by atoms with Crippen molar-refractivity contribution in [3.8, 4) is 0 Å². The van der Waals surface area contributed by atoms with Crippen molar-refractivity contribution in [2.75, 3.05) is 13.2 Å². The van der Waals surface area contributed by atoms with Crippen molar-refractivity contribution < 1.29 is 4.74 Å². The van der Waals surface area contributed by atoms with E-state index in [0.29, 0.717) is 6.61 Å². The van der Waals surface area contributed by atoms with Gasteiger partial charge in [0.2, 0.25) is 0 Å². The fraction of sp³-hybridized carbons (Fsp3) is 0.400. The monoisotopic (exact) mass is 221 g/mol. The van der Waals surface area contributed by atoms with E-state index in [1.165, 1.54) is 0 Å². The Bertz CT molecular complexity index is 457. The molecule has 0 aromatic carbocycles. The molecular formula is C10H11N3OS. The number of hydrogen-bond donors (Lipinski definition) is 1. The lowest BCUT2D eigenvalue weighted by Crippen LogP contribution is -2.36. The molecule has 1 fully saturated rings. The van der Waals surface area contributed by atoms with Crippen molar-refractivity contribution in [1.29, 1.82) is 0 Å². The van der Waals surface area contributed by atoms with Gasteiger partial charge in [-0.25, -0.2) is 9.97 Å². The minimum absolute atomic E-state index is 0.397. The van der Waals surface area contributed by atoms with Crippen molar-refractivity contribution >= 4 is 21.7 Å². The number of aromatic nitrogens is 2. The fourth-order valence-electron chi connectivity index (χ4n) is 1.73. The summed E-state index contributed by atoms with van der Waals surface area (Å²) >= 11 is 1.57. The number of rotatable bonds is 1. The van der Waals surface area contributed by atoms with Crippen LogP contribution in [0.5, 0.6) is 0 Å². The summed E-state index contributed by atoms with van der Waals surface area (Å²) in [5, 5.41) is 0.939. The van der Waals surface area contributed by atoms with Crippen LogP contribution in [0.3, 0.4) is 0 Å². The number of ether oxygens (including phenoxy) is 1. The van der Waals surface area contributed by atoms with Crippen molar-refractivity contribution in [2.45, 2.75) is 12.0 Å². The van der Waals surface area contributed by atoms with Gasteiger partial charge >= 0.3 is 0 Å². The van der Waals surface area contributed by atoms with Crippen LogP contribution in [0.25, 0.3) is 10.3 Å². The summed E-state index contributed by atoms with van der Waals surface area (Å²) in [7, 11) is 0. The molecule has 3 rings (SSSR count). The maximum atomic E-state index is 6.24. The topological polar surface area (TPSA) is 61.0 Å². The quantitative estimate of drug-likeness (QED) is 0.787. The van der Waals surface area contributed by atoms with Gasteiger partial charge in [-0.05, 0) is 18.6 Å². The highest BCUT2D eigenvalue weighted by Gasteiger charge is 2.35. The van der Waals surface area contributed by atoms with E-state index in [4.69, 9.17) is 10.5 Å². The van der Waals surface area contributed by atoms with E-state index in [1.807, 2.05) is 12.1 Å². The van der Waals surface area contributed by atoms with Gasteiger partial charge in [0, 0.05) is 12.8 Å². The van der Waals surface area contributed by atoms with Crippen molar-refractivity contribution in [3.63, 3.8) is 0 Å². The van der Waals surface area contributed by atoms with Crippen LogP contribution >= 0.6 is 11.3 Å². The van der Waals surface area contributed by atoms with Crippen LogP contribution in [0.2, 0.25) is 0 Å². The van der Waals surface area contributed by atoms with E-state index in [0.717, 1.165) is 28.4 Å². The van der Waals surface area contributed by atoms with Crippen LogP contribution in [0.4, 0.5) is 0 Å². The molecule has 1 unspecified atom stereocenters. The summed E-state index contributed by atoms with van der Waals surface area (Å²) in [5.41, 5.74) is 6.77. The molecule has 15 heavy (non-hydrogen) atoms. The molecule has 0 amide bonds. The van der Waals surface area contributed by atoms with E-state index in [2.05, 4.69) is 9.97 Å². The lowest BCUT2D eigenvalue weighted by atomic mass is 10.0. The predicted octanol–water partition coefficient (Wildman–Crippen LogP) is 1.27. The molecule has 1 aliphatic heterocycles. The second-order valence-electron chi connectivity index (χ2n) is 3.81. The minimum atomic E-state index is -0.397. The Hall–Kier alpha value is -1.04. The predicted molar refractivity (Wildman–Crippen MR) is 58.7 cm³/mol. The fourth-order valence-corrected chi connectivity index (χ4v) is 2.76. The Morgan fingerprint density at radius 2 is 2.47 bits per heavy atom. The second kappa shape index (κ2) is 3.23. The molecule has 1 aliphatic rings. The van der Waals surface area contributed by atoms with Gasteiger partial charge in [0.15, 0.2) is 0 Å². The van der Waals surface area contributed by atoms with E-state index in [1.54, 1.807) is 17.5 Å². The molecule has 0 aliphatic carbocycles. The maximum Gasteiger partial charge on any atom is 0.143 e. The Labute approximate surface area is 91.1 Å². The van der Waals surface area contributed by atoms with Crippen LogP contribution in [0, 0.1) is 0 Å². The van der Waals surface area contributed by atoms with Crippen LogP contribution in [-0.2, 0) is 10.3 Å². The van der Waals surface area contributed by atoms with Crippen LogP contribution in [0.15, 0.2) is 18.3 Å². The highest BCUT2D eigenvalue weighted by molar-refractivity contribution is 7.18. The van der Waals surface area contributed by atoms with Crippen LogP contribution in [-0.4, -0.2) is 23.2 Å². The number of thiazole rings is 1. The molecule has 1 atom stereocenters. The Balaban J connectivity index is 2.11. The average molecular weight is 221 g/mol. The standard InChI is InChI=1S/C10H11N3OS/c11-10(3-5-14-6-10)9-13-7-2-1-4-12-8(7)15-9/h1-2,4H,3,5-6,11H2. The normalized spacial score (nSPS) is 26.2. The third kappa shape index (κ3) is 1.43. The van der Waals surface area contributed by atoms with Crippen molar-refractivity contribution in [1.82, 2.24) is 9.97 Å². The minimum Gasteiger partial charge on any atom is -0.379 e. The summed E-state index contributed by atoms with van der Waals surface area (Å²) in [5.74, 6) is 0. The van der Waals surface area contributed by atoms with Gasteiger partial charge in [-0.2, -0.15) is 0 Å². The zero-order chi connectivity index (χ0) is 10.3. The summed E-state index contributed by atoms with van der Waals surface area (Å²) in [6, 6.07) is 3.85. The summed E-state index contributed by atoms with van der Waals surface area (Å²) in [4.78, 5) is 9.73. The number of pyridine rings is 1. The first kappa shape index (κ1) is 9.21. The number of nitrogens with two attached hydrogens (primary N) is 1. The van der Waals surface area contributed by atoms with Gasteiger partial charge in [-0.3, -0.25) is 0 Å². The van der Waals surface area contributed by atoms with Crippen molar-refractivity contribution in [2.24, 2.45) is 5.73 Å². The molecule has 2 aromatic rings. The molecule has 0 spiro atoms. The first-order valence-corrected chi connectivity index (χ1v) is 5.68. The molecule has 0 saturated carbocycles. The largest absolute Gasteiger partial charge is 0.379 e. The van der Waals surface area contributed by atoms with Gasteiger partial charge in [0.05, 0.1) is 12.1 Å². The number of nitrogens with zero attached hydrogens (tertiary/aromatic N) is 2. The van der Waals surface area contributed by atoms with Gasteiger partial charge < -0.3 is 10.5 Å². The molecular weight excluding hydrogens is 210 g/mol. The maximum absolute atomic E-state index is 6.24. The Morgan fingerprint density at radius 1 is 1.53 bits per heavy atom. The molecule has 2 aromatic heterocycles. The lowest BCUT2D eigenvalue weighted by molar-refractivity contribution is 0.178. The van der Waals surface area contributed by atoms with Crippen LogP contribution < -0.4 is 5.73 Å². The highest BCUT2D eigenvalue weighted by atomic mass is 32.1. The smallest absolute Gasteiger partial charge is 0.143 e. The molecule has 0 bridgehead atoms. The number of hydrogen-bond acceptors (Lipinski definition) is 5. The molecule has 78 valence electrons. The third-order valence-corrected chi connectivity index (χ3v) is 3.84. The zero-order valence-corrected chi connectivity index (χ0v) is 8.96. The van der Waals surface area contributed by atoms with Crippen LogP contribution in [0.1, 0.15) is 11.4 Å². The molecule has 0 radical (unpaired) electrons. The van der Waals surface area contributed by atoms with E-state index in [9.17, 15) is 0 Å².